The molecule has 0 fully saturated rings. The fourth-order valence-electron chi connectivity index (χ4n) is 1.60. The topological polar surface area (TPSA) is 35.5 Å². The zero-order valence-corrected chi connectivity index (χ0v) is 12.3. The summed E-state index contributed by atoms with van der Waals surface area (Å²) in [5, 5.41) is 0. The Labute approximate surface area is 124 Å². The number of hydrogen-bond acceptors (Lipinski definition) is 3. The van der Waals surface area contributed by atoms with Crippen molar-refractivity contribution in [2.24, 2.45) is 0 Å². The van der Waals surface area contributed by atoms with Crippen molar-refractivity contribution in [3.8, 4) is 5.75 Å². The average Bonchev–Trinajstić information content (AvgIpc) is 2.46. The SMILES string of the molecule is COc1ccc(C(=O)OCc2ccc(Br)cc2)c(F)c1. The molecule has 0 atom stereocenters. The molecule has 0 amide bonds. The van der Waals surface area contributed by atoms with Gasteiger partial charge >= 0.3 is 5.97 Å². The molecule has 0 aliphatic rings. The van der Waals surface area contributed by atoms with E-state index in [-0.39, 0.29) is 12.2 Å². The Kier molecular flexibility index (Phi) is 4.74. The first-order valence-corrected chi connectivity index (χ1v) is 6.64. The summed E-state index contributed by atoms with van der Waals surface area (Å²) >= 11 is 3.32. The molecule has 104 valence electrons. The van der Waals surface area contributed by atoms with Gasteiger partial charge in [-0.15, -0.1) is 0 Å². The third-order valence-corrected chi connectivity index (χ3v) is 3.21. The highest BCUT2D eigenvalue weighted by Crippen LogP contribution is 2.18. The number of halogens is 2. The molecule has 0 aromatic heterocycles. The van der Waals surface area contributed by atoms with Gasteiger partial charge in [0.15, 0.2) is 0 Å². The number of benzene rings is 2. The highest BCUT2D eigenvalue weighted by molar-refractivity contribution is 9.10. The molecule has 0 aliphatic carbocycles. The Morgan fingerprint density at radius 3 is 2.50 bits per heavy atom. The molecule has 0 aliphatic heterocycles. The highest BCUT2D eigenvalue weighted by Gasteiger charge is 2.14. The second kappa shape index (κ2) is 6.52. The predicted octanol–water partition coefficient (Wildman–Crippen LogP) is 3.95. The van der Waals surface area contributed by atoms with Crippen LogP contribution >= 0.6 is 15.9 Å². The van der Waals surface area contributed by atoms with Gasteiger partial charge < -0.3 is 9.47 Å². The lowest BCUT2D eigenvalue weighted by molar-refractivity contribution is 0.0467. The molecule has 0 saturated carbocycles. The Balaban J connectivity index is 2.03. The van der Waals surface area contributed by atoms with Crippen LogP contribution in [-0.4, -0.2) is 13.1 Å². The third kappa shape index (κ3) is 3.57. The summed E-state index contributed by atoms with van der Waals surface area (Å²) < 4.78 is 24.6. The number of hydrogen-bond donors (Lipinski definition) is 0. The maximum atomic E-state index is 13.7. The summed E-state index contributed by atoms with van der Waals surface area (Å²) in [5.74, 6) is -1.01. The zero-order chi connectivity index (χ0) is 14.5. The number of esters is 1. The van der Waals surface area contributed by atoms with E-state index >= 15 is 0 Å². The summed E-state index contributed by atoms with van der Waals surface area (Å²) in [6.07, 6.45) is 0. The maximum absolute atomic E-state index is 13.7. The fraction of sp³-hybridized carbons (Fsp3) is 0.133. The first kappa shape index (κ1) is 14.5. The molecular formula is C15H12BrFO3. The van der Waals surface area contributed by atoms with E-state index in [0.717, 1.165) is 16.1 Å². The minimum absolute atomic E-state index is 0.0948. The molecule has 2 aromatic rings. The van der Waals surface area contributed by atoms with E-state index in [2.05, 4.69) is 15.9 Å². The van der Waals surface area contributed by atoms with E-state index in [9.17, 15) is 9.18 Å². The van der Waals surface area contributed by atoms with Gasteiger partial charge in [0.25, 0.3) is 0 Å². The van der Waals surface area contributed by atoms with Gasteiger partial charge in [0.05, 0.1) is 12.7 Å². The first-order valence-electron chi connectivity index (χ1n) is 5.85. The third-order valence-electron chi connectivity index (χ3n) is 2.68. The van der Waals surface area contributed by atoms with Crippen molar-refractivity contribution in [2.75, 3.05) is 7.11 Å². The number of methoxy groups -OCH3 is 1. The molecule has 0 radical (unpaired) electrons. The lowest BCUT2D eigenvalue weighted by Crippen LogP contribution is -2.07. The Bertz CT molecular complexity index is 611. The molecule has 0 N–H and O–H groups in total. The van der Waals surface area contributed by atoms with Gasteiger partial charge in [0, 0.05) is 10.5 Å². The van der Waals surface area contributed by atoms with Crippen LogP contribution in [0.15, 0.2) is 46.9 Å². The van der Waals surface area contributed by atoms with E-state index in [0.29, 0.717) is 5.75 Å². The van der Waals surface area contributed by atoms with Crippen molar-refractivity contribution in [3.05, 3.63) is 63.9 Å². The summed E-state index contributed by atoms with van der Waals surface area (Å²) in [4.78, 5) is 11.8. The van der Waals surface area contributed by atoms with Crippen molar-refractivity contribution in [2.45, 2.75) is 6.61 Å². The van der Waals surface area contributed by atoms with Gasteiger partial charge in [-0.2, -0.15) is 0 Å². The summed E-state index contributed by atoms with van der Waals surface area (Å²) in [6.45, 7) is 0.0948. The molecule has 0 unspecified atom stereocenters. The minimum Gasteiger partial charge on any atom is -0.497 e. The molecule has 2 aromatic carbocycles. The molecule has 5 heteroatoms. The van der Waals surface area contributed by atoms with Crippen LogP contribution < -0.4 is 4.74 Å². The first-order chi connectivity index (χ1) is 9.60. The van der Waals surface area contributed by atoms with Crippen molar-refractivity contribution in [1.82, 2.24) is 0 Å². The molecule has 0 heterocycles. The Morgan fingerprint density at radius 1 is 1.20 bits per heavy atom. The molecular weight excluding hydrogens is 327 g/mol. The van der Waals surface area contributed by atoms with Gasteiger partial charge in [-0.3, -0.25) is 0 Å². The van der Waals surface area contributed by atoms with Crippen molar-refractivity contribution in [3.63, 3.8) is 0 Å². The van der Waals surface area contributed by atoms with Crippen LogP contribution in [0, 0.1) is 5.82 Å². The normalized spacial score (nSPS) is 10.2. The Morgan fingerprint density at radius 2 is 1.90 bits per heavy atom. The van der Waals surface area contributed by atoms with Crippen LogP contribution in [0.2, 0.25) is 0 Å². The zero-order valence-electron chi connectivity index (χ0n) is 10.7. The summed E-state index contributed by atoms with van der Waals surface area (Å²) in [5.41, 5.74) is 0.721. The number of carbonyl (C=O) groups excluding carboxylic acids is 1. The molecule has 20 heavy (non-hydrogen) atoms. The summed E-state index contributed by atoms with van der Waals surface area (Å²) in [6, 6.07) is 11.3. The number of rotatable bonds is 4. The fourth-order valence-corrected chi connectivity index (χ4v) is 1.86. The largest absolute Gasteiger partial charge is 0.497 e. The van der Waals surface area contributed by atoms with E-state index < -0.39 is 11.8 Å². The number of ether oxygens (including phenoxy) is 2. The average molecular weight is 339 g/mol. The lowest BCUT2D eigenvalue weighted by Gasteiger charge is -2.07. The molecule has 3 nitrogen and oxygen atoms in total. The van der Waals surface area contributed by atoms with Crippen molar-refractivity contribution < 1.29 is 18.7 Å². The molecule has 2 rings (SSSR count). The minimum atomic E-state index is -0.701. The van der Waals surface area contributed by atoms with Gasteiger partial charge in [-0.25, -0.2) is 9.18 Å². The maximum Gasteiger partial charge on any atom is 0.341 e. The second-order valence-corrected chi connectivity index (χ2v) is 4.96. The predicted molar refractivity (Wildman–Crippen MR) is 76.2 cm³/mol. The molecule has 0 bridgehead atoms. The second-order valence-electron chi connectivity index (χ2n) is 4.05. The highest BCUT2D eigenvalue weighted by atomic mass is 79.9. The monoisotopic (exact) mass is 338 g/mol. The molecule has 0 spiro atoms. The van der Waals surface area contributed by atoms with Crippen molar-refractivity contribution in [1.29, 1.82) is 0 Å². The van der Waals surface area contributed by atoms with Crippen LogP contribution in [0.4, 0.5) is 4.39 Å². The van der Waals surface area contributed by atoms with Crippen LogP contribution in [0.5, 0.6) is 5.75 Å². The van der Waals surface area contributed by atoms with Gasteiger partial charge in [0.1, 0.15) is 18.2 Å². The smallest absolute Gasteiger partial charge is 0.341 e. The van der Waals surface area contributed by atoms with Gasteiger partial charge in [0.2, 0.25) is 0 Å². The summed E-state index contributed by atoms with van der Waals surface area (Å²) in [7, 11) is 1.43. The number of carbonyl (C=O) groups is 1. The van der Waals surface area contributed by atoms with Crippen LogP contribution in [0.3, 0.4) is 0 Å². The van der Waals surface area contributed by atoms with E-state index in [1.54, 1.807) is 0 Å². The van der Waals surface area contributed by atoms with Gasteiger partial charge in [-0.05, 0) is 29.8 Å². The quantitative estimate of drug-likeness (QED) is 0.791. The van der Waals surface area contributed by atoms with Crippen LogP contribution in [-0.2, 0) is 11.3 Å². The Hall–Kier alpha value is -1.88. The van der Waals surface area contributed by atoms with Crippen molar-refractivity contribution >= 4 is 21.9 Å². The van der Waals surface area contributed by atoms with Crippen LogP contribution in [0.25, 0.3) is 0 Å². The van der Waals surface area contributed by atoms with E-state index in [4.69, 9.17) is 9.47 Å². The van der Waals surface area contributed by atoms with Gasteiger partial charge in [-0.1, -0.05) is 28.1 Å². The van der Waals surface area contributed by atoms with Crippen LogP contribution in [0.1, 0.15) is 15.9 Å². The lowest BCUT2D eigenvalue weighted by atomic mass is 10.2. The standard InChI is InChI=1S/C15H12BrFO3/c1-19-12-6-7-13(14(17)8-12)15(18)20-9-10-2-4-11(16)5-3-10/h2-8H,9H2,1H3. The van der Waals surface area contributed by atoms with E-state index in [1.807, 2.05) is 24.3 Å². The molecule has 0 saturated heterocycles. The van der Waals surface area contributed by atoms with E-state index in [1.165, 1.54) is 19.2 Å².